The molecule has 1 N–H and O–H groups in total. The number of carbonyl (C=O) groups is 1. The first-order valence-electron chi connectivity index (χ1n) is 16.6. The minimum atomic E-state index is -2.85. The molecule has 9 nitrogen and oxygen atoms in total. The molecule has 51 heavy (non-hydrogen) atoms. The van der Waals surface area contributed by atoms with Crippen LogP contribution >= 0.6 is 27.5 Å². The largest absolute Gasteiger partial charge is 0.481 e. The van der Waals surface area contributed by atoms with Gasteiger partial charge < -0.3 is 19.7 Å². The average molecular weight is 780 g/mol. The number of halogens is 4. The summed E-state index contributed by atoms with van der Waals surface area (Å²) in [6.45, 7) is 3.50. The van der Waals surface area contributed by atoms with Gasteiger partial charge in [-0.2, -0.15) is 0 Å². The molecule has 266 valence electrons. The number of benzene rings is 2. The van der Waals surface area contributed by atoms with Crippen molar-refractivity contribution in [1.29, 1.82) is 0 Å². The maximum Gasteiger partial charge on any atom is 0.308 e. The molecule has 0 saturated heterocycles. The number of hydrogen-bond acceptors (Lipinski definition) is 9. The van der Waals surface area contributed by atoms with Crippen molar-refractivity contribution in [2.75, 3.05) is 33.1 Å². The summed E-state index contributed by atoms with van der Waals surface area (Å²) in [6, 6.07) is 17.1. The molecule has 1 aliphatic rings. The van der Waals surface area contributed by atoms with Gasteiger partial charge in [0.2, 0.25) is 5.88 Å². The summed E-state index contributed by atoms with van der Waals surface area (Å²) in [5.74, 6) is 0.541. The number of esters is 1. The highest BCUT2D eigenvalue weighted by Crippen LogP contribution is 2.40. The van der Waals surface area contributed by atoms with Crippen LogP contribution in [-0.2, 0) is 16.1 Å². The molecule has 3 heterocycles. The van der Waals surface area contributed by atoms with Crippen molar-refractivity contribution in [2.24, 2.45) is 11.8 Å². The van der Waals surface area contributed by atoms with Gasteiger partial charge in [0.1, 0.15) is 5.52 Å². The van der Waals surface area contributed by atoms with Crippen LogP contribution in [0.2, 0.25) is 5.02 Å². The SMILES string of the molecule is COC(=O)C1CCC(CN(C)Cc2ccc(-c3cccc(-c4cccc(Nc5nc(C(F)F)nc6cc(Br)cnc56)c4C)c3Cl)nc2OC)CC1. The van der Waals surface area contributed by atoms with Gasteiger partial charge >= 0.3 is 5.97 Å². The number of pyridine rings is 2. The first kappa shape index (κ1) is 36.5. The van der Waals surface area contributed by atoms with Crippen LogP contribution in [0.1, 0.15) is 49.1 Å². The summed E-state index contributed by atoms with van der Waals surface area (Å²) >= 11 is 10.5. The summed E-state index contributed by atoms with van der Waals surface area (Å²) < 4.78 is 38.8. The second-order valence-corrected chi connectivity index (χ2v) is 14.1. The number of nitrogens with zero attached hydrogens (tertiary/aromatic N) is 5. The predicted molar refractivity (Wildman–Crippen MR) is 198 cm³/mol. The number of anilines is 2. The lowest BCUT2D eigenvalue weighted by Crippen LogP contribution is -2.30. The van der Waals surface area contributed by atoms with Gasteiger partial charge in [0.25, 0.3) is 6.43 Å². The maximum atomic E-state index is 13.7. The zero-order valence-electron chi connectivity index (χ0n) is 28.7. The van der Waals surface area contributed by atoms with E-state index in [1.165, 1.54) is 7.11 Å². The maximum absolute atomic E-state index is 13.7. The summed E-state index contributed by atoms with van der Waals surface area (Å²) in [5.41, 5.74) is 6.15. The number of methoxy groups -OCH3 is 2. The minimum absolute atomic E-state index is 0.0116. The molecule has 0 atom stereocenters. The molecule has 0 amide bonds. The lowest BCUT2D eigenvalue weighted by molar-refractivity contribution is -0.146. The van der Waals surface area contributed by atoms with Crippen molar-refractivity contribution in [3.05, 3.63) is 87.2 Å². The Kier molecular flexibility index (Phi) is 11.4. The van der Waals surface area contributed by atoms with E-state index >= 15 is 0 Å². The Labute approximate surface area is 308 Å². The summed E-state index contributed by atoms with van der Waals surface area (Å²) in [5, 5.41) is 3.73. The summed E-state index contributed by atoms with van der Waals surface area (Å²) in [4.78, 5) is 31.5. The van der Waals surface area contributed by atoms with E-state index in [0.29, 0.717) is 50.3 Å². The molecule has 6 rings (SSSR count). The number of aromatic nitrogens is 4. The normalized spacial score (nSPS) is 16.1. The van der Waals surface area contributed by atoms with E-state index in [9.17, 15) is 13.6 Å². The van der Waals surface area contributed by atoms with Crippen molar-refractivity contribution in [2.45, 2.75) is 45.6 Å². The molecule has 0 unspecified atom stereocenters. The van der Waals surface area contributed by atoms with Crippen molar-refractivity contribution < 1.29 is 23.0 Å². The Balaban J connectivity index is 1.23. The summed E-state index contributed by atoms with van der Waals surface area (Å²) in [7, 11) is 5.16. The fraction of sp³-hybridized carbons (Fsp3) is 0.342. The topological polar surface area (TPSA) is 102 Å². The highest BCUT2D eigenvalue weighted by Gasteiger charge is 2.28. The average Bonchev–Trinajstić information content (AvgIpc) is 3.12. The van der Waals surface area contributed by atoms with Gasteiger partial charge in [-0.25, -0.2) is 28.7 Å². The molecule has 1 fully saturated rings. The number of rotatable bonds is 11. The fourth-order valence-corrected chi connectivity index (χ4v) is 7.43. The molecule has 2 aromatic carbocycles. The van der Waals surface area contributed by atoms with Gasteiger partial charge in [-0.15, -0.1) is 0 Å². The molecule has 0 radical (unpaired) electrons. The van der Waals surface area contributed by atoms with Crippen LogP contribution < -0.4 is 10.1 Å². The van der Waals surface area contributed by atoms with E-state index in [0.717, 1.165) is 60.0 Å². The zero-order valence-corrected chi connectivity index (χ0v) is 31.1. The van der Waals surface area contributed by atoms with E-state index in [4.69, 9.17) is 26.1 Å². The molecule has 3 aromatic heterocycles. The van der Waals surface area contributed by atoms with E-state index in [1.807, 2.05) is 55.5 Å². The molecule has 1 saturated carbocycles. The Bertz CT molecular complexity index is 2060. The lowest BCUT2D eigenvalue weighted by atomic mass is 9.82. The van der Waals surface area contributed by atoms with Gasteiger partial charge in [0.05, 0.1) is 36.4 Å². The minimum Gasteiger partial charge on any atom is -0.481 e. The second-order valence-electron chi connectivity index (χ2n) is 12.8. The molecule has 0 spiro atoms. The fourth-order valence-electron chi connectivity index (χ4n) is 6.79. The Morgan fingerprint density at radius 2 is 1.75 bits per heavy atom. The molecule has 0 aliphatic heterocycles. The van der Waals surface area contributed by atoms with Crippen molar-refractivity contribution in [3.8, 4) is 28.3 Å². The Morgan fingerprint density at radius 1 is 1.02 bits per heavy atom. The van der Waals surface area contributed by atoms with Gasteiger partial charge in [0.15, 0.2) is 11.6 Å². The van der Waals surface area contributed by atoms with Crippen molar-refractivity contribution >= 4 is 56.0 Å². The van der Waals surface area contributed by atoms with E-state index < -0.39 is 12.2 Å². The monoisotopic (exact) mass is 778 g/mol. The van der Waals surface area contributed by atoms with Crippen LogP contribution in [0.15, 0.2) is 65.3 Å². The third kappa shape index (κ3) is 8.13. The smallest absolute Gasteiger partial charge is 0.308 e. The van der Waals surface area contributed by atoms with Gasteiger partial charge in [-0.05, 0) is 90.8 Å². The van der Waals surface area contributed by atoms with Crippen molar-refractivity contribution in [3.63, 3.8) is 0 Å². The zero-order chi connectivity index (χ0) is 36.2. The quantitative estimate of drug-likeness (QED) is 0.131. The summed E-state index contributed by atoms with van der Waals surface area (Å²) in [6.07, 6.45) is 2.44. The molecule has 5 aromatic rings. The van der Waals surface area contributed by atoms with Gasteiger partial charge in [0, 0.05) is 46.1 Å². The standard InChI is InChI=1S/C38H38BrClF2N6O3/c1-21-26(7-6-10-29(21)44-35-33-31(17-25(39)18-43-33)45-36(47-35)34(41)42)27-8-5-9-28(32(27)40)30-16-15-24(37(46-30)50-3)20-48(2)19-22-11-13-23(14-12-22)38(49)51-4/h5-10,15-18,22-23,34H,11-14,19-20H2,1-4H3,(H,44,45,47). The van der Waals surface area contributed by atoms with Crippen LogP contribution in [0, 0.1) is 18.8 Å². The lowest BCUT2D eigenvalue weighted by Gasteiger charge is -2.30. The third-order valence-corrected chi connectivity index (χ3v) is 10.2. The van der Waals surface area contributed by atoms with Crippen LogP contribution in [-0.4, -0.2) is 58.6 Å². The molecular weight excluding hydrogens is 742 g/mol. The Hall–Kier alpha value is -4.26. The number of ether oxygens (including phenoxy) is 2. The van der Waals surface area contributed by atoms with Gasteiger partial charge in [-0.3, -0.25) is 4.79 Å². The number of carbonyl (C=O) groups excluding carboxylic acids is 1. The molecule has 0 bridgehead atoms. The van der Waals surface area contributed by atoms with Crippen LogP contribution in [0.25, 0.3) is 33.4 Å². The van der Waals surface area contributed by atoms with Crippen LogP contribution in [0.5, 0.6) is 5.88 Å². The first-order valence-corrected chi connectivity index (χ1v) is 17.8. The van der Waals surface area contributed by atoms with Crippen molar-refractivity contribution in [1.82, 2.24) is 24.8 Å². The number of alkyl halides is 2. The predicted octanol–water partition coefficient (Wildman–Crippen LogP) is 9.58. The number of nitrogens with one attached hydrogen (secondary N) is 1. The van der Waals surface area contributed by atoms with E-state index in [1.54, 1.807) is 19.4 Å². The number of fused-ring (bicyclic) bond motifs is 1. The Morgan fingerprint density at radius 3 is 2.47 bits per heavy atom. The van der Waals surface area contributed by atoms with Gasteiger partial charge in [-0.1, -0.05) is 48.0 Å². The molecule has 1 aliphatic carbocycles. The first-order chi connectivity index (χ1) is 24.6. The third-order valence-electron chi connectivity index (χ3n) is 9.39. The molecule has 13 heteroatoms. The van der Waals surface area contributed by atoms with Crippen LogP contribution in [0.4, 0.5) is 20.3 Å². The van der Waals surface area contributed by atoms with Crippen LogP contribution in [0.3, 0.4) is 0 Å². The highest BCUT2D eigenvalue weighted by molar-refractivity contribution is 9.10. The molecular formula is C38H38BrClF2N6O3. The highest BCUT2D eigenvalue weighted by atomic mass is 79.9. The van der Waals surface area contributed by atoms with E-state index in [-0.39, 0.29) is 17.7 Å². The number of hydrogen-bond donors (Lipinski definition) is 1. The second kappa shape index (κ2) is 16.0. The van der Waals surface area contributed by atoms with E-state index in [2.05, 4.69) is 48.1 Å².